The lowest BCUT2D eigenvalue weighted by Gasteiger charge is -2.36. The molecule has 29 heavy (non-hydrogen) atoms. The molecule has 2 N–H and O–H groups in total. The van der Waals surface area contributed by atoms with Gasteiger partial charge in [0.2, 0.25) is 0 Å². The number of amides is 1. The van der Waals surface area contributed by atoms with E-state index < -0.39 is 0 Å². The third kappa shape index (κ3) is 4.05. The lowest BCUT2D eigenvalue weighted by molar-refractivity contribution is 0.102. The van der Waals surface area contributed by atoms with Gasteiger partial charge in [-0.2, -0.15) is 0 Å². The Hall–Kier alpha value is -3.05. The van der Waals surface area contributed by atoms with E-state index in [0.717, 1.165) is 54.7 Å². The summed E-state index contributed by atoms with van der Waals surface area (Å²) in [6.45, 7) is 9.57. The van der Waals surface area contributed by atoms with Crippen LogP contribution in [-0.4, -0.2) is 48.6 Å². The topological polar surface area (TPSA) is 55.8 Å². The molecule has 0 unspecified atom stereocenters. The van der Waals surface area contributed by atoms with Crippen LogP contribution >= 0.6 is 0 Å². The first-order chi connectivity index (χ1) is 14.0. The number of carbonyl (C=O) groups is 1. The van der Waals surface area contributed by atoms with Crippen LogP contribution in [-0.2, 0) is 0 Å². The number of rotatable bonds is 4. The van der Waals surface area contributed by atoms with E-state index in [9.17, 15) is 9.90 Å². The molecule has 0 radical (unpaired) electrons. The number of nitrogens with zero attached hydrogens (tertiary/aromatic N) is 2. The molecule has 0 atom stereocenters. The number of phenols is 1. The highest BCUT2D eigenvalue weighted by Gasteiger charge is 2.18. The maximum absolute atomic E-state index is 12.8. The zero-order valence-corrected chi connectivity index (χ0v) is 17.0. The Balaban J connectivity index is 1.50. The van der Waals surface area contributed by atoms with Gasteiger partial charge in [-0.1, -0.05) is 31.2 Å². The van der Waals surface area contributed by atoms with Gasteiger partial charge >= 0.3 is 0 Å². The Bertz CT molecular complexity index is 1040. The molecule has 0 bridgehead atoms. The number of aromatic hydroxyl groups is 1. The fourth-order valence-corrected chi connectivity index (χ4v) is 4.00. The zero-order valence-electron chi connectivity index (χ0n) is 17.0. The summed E-state index contributed by atoms with van der Waals surface area (Å²) in [4.78, 5) is 17.6. The summed E-state index contributed by atoms with van der Waals surface area (Å²) in [6, 6.07) is 17.1. The highest BCUT2D eigenvalue weighted by molar-refractivity contribution is 6.08. The van der Waals surface area contributed by atoms with Gasteiger partial charge in [0.15, 0.2) is 0 Å². The monoisotopic (exact) mass is 389 g/mol. The van der Waals surface area contributed by atoms with Gasteiger partial charge in [0.05, 0.1) is 5.56 Å². The van der Waals surface area contributed by atoms with E-state index in [4.69, 9.17) is 0 Å². The smallest absolute Gasteiger partial charge is 0.259 e. The highest BCUT2D eigenvalue weighted by Crippen LogP contribution is 2.28. The molecule has 5 heteroatoms. The van der Waals surface area contributed by atoms with Gasteiger partial charge in [-0.05, 0) is 60.1 Å². The largest absolute Gasteiger partial charge is 0.507 e. The summed E-state index contributed by atoms with van der Waals surface area (Å²) >= 11 is 0. The summed E-state index contributed by atoms with van der Waals surface area (Å²) in [5.74, 6) is -0.319. The number of likely N-dealkylation sites (N-methyl/N-ethyl adjacent to an activating group) is 1. The second-order valence-corrected chi connectivity index (χ2v) is 7.59. The number of anilines is 2. The summed E-state index contributed by atoms with van der Waals surface area (Å²) in [6.07, 6.45) is 0. The second-order valence-electron chi connectivity index (χ2n) is 7.59. The summed E-state index contributed by atoms with van der Waals surface area (Å²) < 4.78 is 0. The third-order valence-corrected chi connectivity index (χ3v) is 5.72. The van der Waals surface area contributed by atoms with Gasteiger partial charge in [0.25, 0.3) is 5.91 Å². The summed E-state index contributed by atoms with van der Waals surface area (Å²) in [7, 11) is 0. The maximum atomic E-state index is 12.8. The molecule has 1 aliphatic heterocycles. The van der Waals surface area contributed by atoms with Gasteiger partial charge in [-0.25, -0.2) is 0 Å². The number of carbonyl (C=O) groups excluding carboxylic acids is 1. The molecule has 0 aliphatic carbocycles. The van der Waals surface area contributed by atoms with Crippen LogP contribution in [0.5, 0.6) is 5.75 Å². The molecule has 5 nitrogen and oxygen atoms in total. The lowest BCUT2D eigenvalue weighted by Crippen LogP contribution is -2.46. The number of hydrogen-bond donors (Lipinski definition) is 2. The predicted molar refractivity (Wildman–Crippen MR) is 119 cm³/mol. The van der Waals surface area contributed by atoms with Crippen molar-refractivity contribution in [2.75, 3.05) is 42.9 Å². The van der Waals surface area contributed by atoms with Crippen LogP contribution in [0.3, 0.4) is 0 Å². The first kappa shape index (κ1) is 19.3. The molecule has 1 heterocycles. The van der Waals surface area contributed by atoms with Gasteiger partial charge in [0.1, 0.15) is 5.75 Å². The molecular formula is C24H27N3O2. The van der Waals surface area contributed by atoms with Crippen LogP contribution in [0.15, 0.2) is 54.6 Å². The van der Waals surface area contributed by atoms with E-state index in [-0.39, 0.29) is 17.2 Å². The van der Waals surface area contributed by atoms with Crippen molar-refractivity contribution in [1.29, 1.82) is 0 Å². The van der Waals surface area contributed by atoms with Crippen molar-refractivity contribution in [3.05, 3.63) is 65.7 Å². The SMILES string of the molecule is CCN1CCN(c2ccc(NC(=O)c3cc4ccccc4cc3O)cc2C)CC1. The lowest BCUT2D eigenvalue weighted by atomic mass is 10.1. The molecular weight excluding hydrogens is 362 g/mol. The molecule has 1 saturated heterocycles. The van der Waals surface area contributed by atoms with E-state index in [0.29, 0.717) is 0 Å². The third-order valence-electron chi connectivity index (χ3n) is 5.72. The van der Waals surface area contributed by atoms with Crippen molar-refractivity contribution in [2.24, 2.45) is 0 Å². The minimum absolute atomic E-state index is 0.0108. The van der Waals surface area contributed by atoms with Crippen molar-refractivity contribution >= 4 is 28.1 Å². The van der Waals surface area contributed by atoms with Gasteiger partial charge in [0, 0.05) is 37.6 Å². The quantitative estimate of drug-likeness (QED) is 0.701. The Labute approximate surface area is 171 Å². The highest BCUT2D eigenvalue weighted by atomic mass is 16.3. The number of piperazine rings is 1. The zero-order chi connectivity index (χ0) is 20.4. The first-order valence-electron chi connectivity index (χ1n) is 10.2. The fraction of sp³-hybridized carbons (Fsp3) is 0.292. The van der Waals surface area contributed by atoms with Crippen LogP contribution < -0.4 is 10.2 Å². The minimum Gasteiger partial charge on any atom is -0.507 e. The average molecular weight is 389 g/mol. The molecule has 0 saturated carbocycles. The Kier molecular flexibility index (Phi) is 5.41. The molecule has 0 aromatic heterocycles. The van der Waals surface area contributed by atoms with Gasteiger partial charge in [-0.15, -0.1) is 0 Å². The van der Waals surface area contributed by atoms with Crippen molar-refractivity contribution in [3.8, 4) is 5.75 Å². The molecule has 3 aromatic rings. The molecule has 1 fully saturated rings. The number of fused-ring (bicyclic) bond motifs is 1. The molecule has 4 rings (SSSR count). The van der Waals surface area contributed by atoms with Crippen molar-refractivity contribution < 1.29 is 9.90 Å². The maximum Gasteiger partial charge on any atom is 0.259 e. The minimum atomic E-state index is -0.308. The molecule has 1 amide bonds. The first-order valence-corrected chi connectivity index (χ1v) is 10.2. The van der Waals surface area contributed by atoms with Crippen LogP contribution in [0.4, 0.5) is 11.4 Å². The van der Waals surface area contributed by atoms with E-state index >= 15 is 0 Å². The number of nitrogens with one attached hydrogen (secondary N) is 1. The molecule has 150 valence electrons. The van der Waals surface area contributed by atoms with Crippen molar-refractivity contribution in [1.82, 2.24) is 4.90 Å². The van der Waals surface area contributed by atoms with Crippen LogP contribution in [0, 0.1) is 6.92 Å². The number of phenolic OH excluding ortho intramolecular Hbond substituents is 1. The van der Waals surface area contributed by atoms with Crippen LogP contribution in [0.2, 0.25) is 0 Å². The van der Waals surface area contributed by atoms with Crippen molar-refractivity contribution in [3.63, 3.8) is 0 Å². The Morgan fingerprint density at radius 3 is 2.34 bits per heavy atom. The van der Waals surface area contributed by atoms with Gasteiger partial charge in [-0.3, -0.25) is 4.79 Å². The van der Waals surface area contributed by atoms with E-state index in [2.05, 4.69) is 35.0 Å². The van der Waals surface area contributed by atoms with E-state index in [1.54, 1.807) is 12.1 Å². The summed E-state index contributed by atoms with van der Waals surface area (Å²) in [5, 5.41) is 15.1. The summed E-state index contributed by atoms with van der Waals surface area (Å²) in [5.41, 5.74) is 3.36. The Morgan fingerprint density at radius 2 is 1.69 bits per heavy atom. The van der Waals surface area contributed by atoms with E-state index in [1.165, 1.54) is 5.69 Å². The molecule has 1 aliphatic rings. The number of aryl methyl sites for hydroxylation is 1. The van der Waals surface area contributed by atoms with Crippen molar-refractivity contribution in [2.45, 2.75) is 13.8 Å². The van der Waals surface area contributed by atoms with Crippen LogP contribution in [0.1, 0.15) is 22.8 Å². The second kappa shape index (κ2) is 8.13. The Morgan fingerprint density at radius 1 is 1.00 bits per heavy atom. The number of benzene rings is 3. The normalized spacial score (nSPS) is 14.9. The van der Waals surface area contributed by atoms with E-state index in [1.807, 2.05) is 36.4 Å². The fourth-order valence-electron chi connectivity index (χ4n) is 4.00. The van der Waals surface area contributed by atoms with Gasteiger partial charge < -0.3 is 20.2 Å². The molecule has 3 aromatic carbocycles. The molecule has 0 spiro atoms. The van der Waals surface area contributed by atoms with Crippen LogP contribution in [0.25, 0.3) is 10.8 Å². The standard InChI is InChI=1S/C24H27N3O2/c1-3-26-10-12-27(13-11-26)22-9-8-20(14-17(22)2)25-24(29)21-15-18-6-4-5-7-19(18)16-23(21)28/h4-9,14-16,28H,3,10-13H2,1-2H3,(H,25,29). The predicted octanol–water partition coefficient (Wildman–Crippen LogP) is 4.25. The number of hydrogen-bond acceptors (Lipinski definition) is 4. The average Bonchev–Trinajstić information content (AvgIpc) is 2.73.